The molecule has 0 spiro atoms. The van der Waals surface area contributed by atoms with Gasteiger partial charge in [-0.05, 0) is 54.8 Å². The number of ketones is 1. The fourth-order valence-electron chi connectivity index (χ4n) is 8.15. The molecule has 16 heteroatoms. The molecular formula is C31H48F3N5O7S. The van der Waals surface area contributed by atoms with Crippen LogP contribution in [0.5, 0.6) is 0 Å². The van der Waals surface area contributed by atoms with Crippen LogP contribution in [0, 0.1) is 22.7 Å². The number of sulfone groups is 1. The van der Waals surface area contributed by atoms with E-state index in [-0.39, 0.29) is 24.1 Å². The molecule has 2 saturated heterocycles. The third kappa shape index (κ3) is 7.72. The molecule has 6 atom stereocenters. The van der Waals surface area contributed by atoms with E-state index in [1.165, 1.54) is 4.90 Å². The van der Waals surface area contributed by atoms with Gasteiger partial charge in [0.2, 0.25) is 17.6 Å². The standard InChI is InChI=1S/C31H48F3N5O7S/c1-28(2,3)23(37-27(44)38-30(12-7-6-8-13-30)19-10-9-15-47(19,45)46)26(43)39-16-17-20(29(17,4)5)21(39)25(42)36-18(22(40)24(35)41)11-14-31(32,33)34/h17-21,23H,6-16H2,1-5H3,(H2,35,41)(H,36,42)(H2,37,38,44)/t17-,18?,19?,20?,21-,23+/m0/s1. The third-order valence-electron chi connectivity index (χ3n) is 10.8. The van der Waals surface area contributed by atoms with Crippen LogP contribution in [-0.2, 0) is 29.0 Å². The molecule has 12 nitrogen and oxygen atoms in total. The van der Waals surface area contributed by atoms with Gasteiger partial charge < -0.3 is 26.6 Å². The van der Waals surface area contributed by atoms with Crippen molar-refractivity contribution in [2.45, 2.75) is 127 Å². The second-order valence-electron chi connectivity index (χ2n) is 15.4. The number of carbonyl (C=O) groups is 5. The Morgan fingerprint density at radius 3 is 2.11 bits per heavy atom. The second kappa shape index (κ2) is 12.8. The number of hydrogen-bond donors (Lipinski definition) is 4. The highest BCUT2D eigenvalue weighted by molar-refractivity contribution is 7.92. The number of urea groups is 1. The summed E-state index contributed by atoms with van der Waals surface area (Å²) < 4.78 is 64.9. The summed E-state index contributed by atoms with van der Waals surface area (Å²) in [6.07, 6.45) is -2.66. The summed E-state index contributed by atoms with van der Waals surface area (Å²) in [5.41, 5.74) is 2.82. The van der Waals surface area contributed by atoms with Crippen molar-refractivity contribution in [1.82, 2.24) is 20.9 Å². The first-order valence-corrected chi connectivity index (χ1v) is 18.0. The maximum atomic E-state index is 14.3. The van der Waals surface area contributed by atoms with E-state index in [4.69, 9.17) is 5.73 Å². The van der Waals surface area contributed by atoms with Crippen LogP contribution in [0.3, 0.4) is 0 Å². The van der Waals surface area contributed by atoms with Gasteiger partial charge in [0.15, 0.2) is 9.84 Å². The number of halogens is 3. The molecule has 5 amide bonds. The normalized spacial score (nSPS) is 28.8. The topological polar surface area (TPSA) is 185 Å². The molecule has 2 saturated carbocycles. The molecule has 4 aliphatic rings. The van der Waals surface area contributed by atoms with Crippen molar-refractivity contribution in [2.24, 2.45) is 28.4 Å². The zero-order valence-corrected chi connectivity index (χ0v) is 28.5. The van der Waals surface area contributed by atoms with Gasteiger partial charge in [-0.25, -0.2) is 13.2 Å². The van der Waals surface area contributed by atoms with Crippen LogP contribution in [0.25, 0.3) is 0 Å². The summed E-state index contributed by atoms with van der Waals surface area (Å²) in [5, 5.41) is 7.28. The van der Waals surface area contributed by atoms with Crippen molar-refractivity contribution < 1.29 is 45.6 Å². The molecule has 2 heterocycles. The number of hydrogen-bond acceptors (Lipinski definition) is 7. The van der Waals surface area contributed by atoms with E-state index in [9.17, 15) is 45.6 Å². The number of rotatable bonds is 10. The molecular weight excluding hydrogens is 643 g/mol. The lowest BCUT2D eigenvalue weighted by Crippen LogP contribution is -2.65. The highest BCUT2D eigenvalue weighted by Crippen LogP contribution is 2.65. The Hall–Kier alpha value is -2.91. The van der Waals surface area contributed by atoms with Crippen molar-refractivity contribution in [3.8, 4) is 0 Å². The number of likely N-dealkylation sites (tertiary alicyclic amines) is 1. The van der Waals surface area contributed by atoms with E-state index in [2.05, 4.69) is 16.0 Å². The van der Waals surface area contributed by atoms with Crippen LogP contribution in [0.1, 0.15) is 92.4 Å². The largest absolute Gasteiger partial charge is 0.389 e. The highest BCUT2D eigenvalue weighted by Gasteiger charge is 2.70. The van der Waals surface area contributed by atoms with Gasteiger partial charge in [0.05, 0.1) is 22.6 Å². The van der Waals surface area contributed by atoms with Crippen LogP contribution in [-0.4, -0.2) is 90.2 Å². The van der Waals surface area contributed by atoms with Crippen molar-refractivity contribution in [3.63, 3.8) is 0 Å². The highest BCUT2D eigenvalue weighted by atomic mass is 32.2. The summed E-state index contributed by atoms with van der Waals surface area (Å²) in [5.74, 6) is -4.81. The van der Waals surface area contributed by atoms with Crippen molar-refractivity contribution in [1.29, 1.82) is 0 Å². The molecule has 3 unspecified atom stereocenters. The predicted molar refractivity (Wildman–Crippen MR) is 165 cm³/mol. The Balaban J connectivity index is 1.57. The summed E-state index contributed by atoms with van der Waals surface area (Å²) in [7, 11) is -3.42. The molecule has 0 aromatic heterocycles. The van der Waals surface area contributed by atoms with Crippen LogP contribution >= 0.6 is 0 Å². The van der Waals surface area contributed by atoms with E-state index in [0.29, 0.717) is 25.7 Å². The average Bonchev–Trinajstić information content (AvgIpc) is 3.27. The maximum absolute atomic E-state index is 14.3. The lowest BCUT2D eigenvalue weighted by atomic mass is 9.78. The van der Waals surface area contributed by atoms with E-state index >= 15 is 0 Å². The number of alkyl halides is 3. The molecule has 0 aromatic carbocycles. The quantitative estimate of drug-likeness (QED) is 0.253. The molecule has 4 rings (SSSR count). The third-order valence-corrected chi connectivity index (χ3v) is 13.2. The van der Waals surface area contributed by atoms with Gasteiger partial charge in [0.25, 0.3) is 5.91 Å². The van der Waals surface area contributed by atoms with Gasteiger partial charge in [-0.15, -0.1) is 0 Å². The summed E-state index contributed by atoms with van der Waals surface area (Å²) >= 11 is 0. The van der Waals surface area contributed by atoms with E-state index in [1.54, 1.807) is 20.8 Å². The summed E-state index contributed by atoms with van der Waals surface area (Å²) in [6, 6.07) is -4.89. The smallest absolute Gasteiger partial charge is 0.363 e. The van der Waals surface area contributed by atoms with Crippen LogP contribution in [0.15, 0.2) is 0 Å². The number of nitrogens with two attached hydrogens (primary N) is 1. The first-order chi connectivity index (χ1) is 21.5. The number of nitrogens with one attached hydrogen (secondary N) is 3. The fourth-order valence-corrected chi connectivity index (χ4v) is 10.5. The van der Waals surface area contributed by atoms with Crippen LogP contribution < -0.4 is 21.7 Å². The fraction of sp³-hybridized carbons (Fsp3) is 0.839. The molecule has 0 aromatic rings. The summed E-state index contributed by atoms with van der Waals surface area (Å²) in [4.78, 5) is 66.9. The minimum atomic E-state index is -4.66. The van der Waals surface area contributed by atoms with Gasteiger partial charge in [-0.1, -0.05) is 53.9 Å². The maximum Gasteiger partial charge on any atom is 0.389 e. The van der Waals surface area contributed by atoms with Gasteiger partial charge in [0.1, 0.15) is 12.1 Å². The molecule has 0 radical (unpaired) electrons. The first kappa shape index (κ1) is 36.9. The second-order valence-corrected chi connectivity index (χ2v) is 17.7. The molecule has 266 valence electrons. The lowest BCUT2D eigenvalue weighted by molar-refractivity contribution is -0.147. The number of piperidine rings is 1. The van der Waals surface area contributed by atoms with Crippen LogP contribution in [0.2, 0.25) is 0 Å². The minimum Gasteiger partial charge on any atom is -0.363 e. The van der Waals surface area contributed by atoms with Gasteiger partial charge in [-0.2, -0.15) is 13.2 Å². The van der Waals surface area contributed by atoms with Crippen LogP contribution in [0.4, 0.5) is 18.0 Å². The Morgan fingerprint density at radius 1 is 0.979 bits per heavy atom. The molecule has 4 fully saturated rings. The molecule has 5 N–H and O–H groups in total. The van der Waals surface area contributed by atoms with E-state index in [0.717, 1.165) is 19.3 Å². The molecule has 2 aliphatic carbocycles. The minimum absolute atomic E-state index is 0.0605. The Kier molecular flexibility index (Phi) is 10.1. The van der Waals surface area contributed by atoms with Gasteiger partial charge in [0, 0.05) is 13.0 Å². The summed E-state index contributed by atoms with van der Waals surface area (Å²) in [6.45, 7) is 9.10. The number of amides is 5. The number of Topliss-reactive ketones (excluding diaryl/α,β-unsaturated/α-hetero) is 1. The monoisotopic (exact) mass is 691 g/mol. The average molecular weight is 692 g/mol. The Bertz CT molecular complexity index is 1390. The number of primary amides is 1. The lowest BCUT2D eigenvalue weighted by Gasteiger charge is -2.43. The van der Waals surface area contributed by atoms with Crippen molar-refractivity contribution in [3.05, 3.63) is 0 Å². The molecule has 2 aliphatic heterocycles. The number of fused-ring (bicyclic) bond motifs is 1. The Morgan fingerprint density at radius 2 is 1.60 bits per heavy atom. The predicted octanol–water partition coefficient (Wildman–Crippen LogP) is 2.35. The van der Waals surface area contributed by atoms with E-state index in [1.807, 2.05) is 13.8 Å². The number of nitrogens with zero attached hydrogens (tertiary/aromatic N) is 1. The zero-order chi connectivity index (χ0) is 35.3. The van der Waals surface area contributed by atoms with Gasteiger partial charge >= 0.3 is 12.2 Å². The molecule has 47 heavy (non-hydrogen) atoms. The molecule has 0 bridgehead atoms. The van der Waals surface area contributed by atoms with Crippen molar-refractivity contribution in [2.75, 3.05) is 12.3 Å². The zero-order valence-electron chi connectivity index (χ0n) is 27.7. The van der Waals surface area contributed by atoms with Gasteiger partial charge in [-0.3, -0.25) is 19.2 Å². The van der Waals surface area contributed by atoms with Crippen molar-refractivity contribution >= 4 is 39.4 Å². The van der Waals surface area contributed by atoms with E-state index < -0.39 is 98.1 Å². The first-order valence-electron chi connectivity index (χ1n) is 16.3. The number of carbonyl (C=O) groups excluding carboxylic acids is 5. The SMILES string of the molecule is CC(C)(C)[C@H](NC(=O)NC1(C2CCCS2(=O)=O)CCCCC1)C(=O)N1C[C@H]2C([C@H]1C(=O)NC(CCC(F)(F)F)C(=O)C(N)=O)C2(C)C. The Labute approximate surface area is 273 Å².